The Morgan fingerprint density at radius 2 is 1.79 bits per heavy atom. The van der Waals surface area contributed by atoms with E-state index in [2.05, 4.69) is 0 Å². The first-order valence-electron chi connectivity index (χ1n) is 5.00. The highest BCUT2D eigenvalue weighted by Crippen LogP contribution is 2.39. The predicted octanol–water partition coefficient (Wildman–Crippen LogP) is 5.84. The van der Waals surface area contributed by atoms with Gasteiger partial charge in [0, 0.05) is 5.56 Å². The summed E-state index contributed by atoms with van der Waals surface area (Å²) in [5.74, 6) is 0. The number of halogens is 5. The van der Waals surface area contributed by atoms with Crippen molar-refractivity contribution in [3.8, 4) is 17.3 Å². The molecule has 0 N–H and O–H groups in total. The monoisotopic (exact) mass is 352 g/mol. The van der Waals surface area contributed by atoms with Crippen LogP contribution in [0.3, 0.4) is 0 Å². The summed E-state index contributed by atoms with van der Waals surface area (Å²) >= 11 is 29.8. The van der Waals surface area contributed by atoms with Gasteiger partial charge in [0.15, 0.2) is 0 Å². The van der Waals surface area contributed by atoms with Crippen molar-refractivity contribution in [1.82, 2.24) is 4.57 Å². The lowest BCUT2D eigenvalue weighted by atomic mass is 10.1. The van der Waals surface area contributed by atoms with Crippen LogP contribution in [-0.2, 0) is 6.00 Å². The van der Waals surface area contributed by atoms with Crippen LogP contribution in [0.5, 0.6) is 0 Å². The van der Waals surface area contributed by atoms with E-state index in [9.17, 15) is 5.26 Å². The van der Waals surface area contributed by atoms with Crippen molar-refractivity contribution in [3.05, 3.63) is 44.0 Å². The molecule has 1 heterocycles. The van der Waals surface area contributed by atoms with Crippen molar-refractivity contribution in [2.45, 2.75) is 6.00 Å². The van der Waals surface area contributed by atoms with Gasteiger partial charge in [-0.3, -0.25) is 0 Å². The molecule has 0 spiro atoms. The molecule has 1 aromatic carbocycles. The highest BCUT2D eigenvalue weighted by atomic mass is 35.5. The summed E-state index contributed by atoms with van der Waals surface area (Å²) in [6.07, 6.45) is 0. The maximum Gasteiger partial charge on any atom is 0.130 e. The normalized spacial score (nSPS) is 10.5. The molecule has 1 aromatic heterocycles. The van der Waals surface area contributed by atoms with Crippen molar-refractivity contribution < 1.29 is 0 Å². The Kier molecular flexibility index (Phi) is 4.55. The molecule has 2 aromatic rings. The van der Waals surface area contributed by atoms with Gasteiger partial charge in [0.25, 0.3) is 0 Å². The van der Waals surface area contributed by atoms with Gasteiger partial charge in [-0.1, -0.05) is 52.5 Å². The van der Waals surface area contributed by atoms with E-state index in [1.807, 2.05) is 6.07 Å². The van der Waals surface area contributed by atoms with E-state index in [1.54, 1.807) is 18.2 Å². The first kappa shape index (κ1) is 14.8. The summed E-state index contributed by atoms with van der Waals surface area (Å²) in [4.78, 5) is 0. The molecule has 98 valence electrons. The average molecular weight is 354 g/mol. The summed E-state index contributed by atoms with van der Waals surface area (Å²) in [5.41, 5.74) is 1.44. The SMILES string of the molecule is N#Cc1c(Cl)c(Cl)n(CCl)c1-c1ccc(Cl)c(Cl)c1. The molecule has 0 saturated carbocycles. The van der Waals surface area contributed by atoms with Gasteiger partial charge < -0.3 is 4.57 Å². The van der Waals surface area contributed by atoms with E-state index in [-0.39, 0.29) is 21.7 Å². The minimum Gasteiger partial charge on any atom is -0.315 e. The summed E-state index contributed by atoms with van der Waals surface area (Å²) in [5, 5.41) is 10.4. The molecule has 0 radical (unpaired) electrons. The summed E-state index contributed by atoms with van der Waals surface area (Å²) in [7, 11) is 0. The Morgan fingerprint density at radius 1 is 1.11 bits per heavy atom. The minimum absolute atomic E-state index is 0.0653. The number of hydrogen-bond acceptors (Lipinski definition) is 1. The van der Waals surface area contributed by atoms with Gasteiger partial charge in [0.1, 0.15) is 11.2 Å². The zero-order chi connectivity index (χ0) is 14.2. The van der Waals surface area contributed by atoms with Crippen molar-refractivity contribution in [3.63, 3.8) is 0 Å². The zero-order valence-corrected chi connectivity index (χ0v) is 13.0. The second-order valence-corrected chi connectivity index (χ2v) is 5.41. The van der Waals surface area contributed by atoms with E-state index in [1.165, 1.54) is 4.57 Å². The highest BCUT2D eigenvalue weighted by Gasteiger charge is 2.21. The van der Waals surface area contributed by atoms with Crippen molar-refractivity contribution in [2.24, 2.45) is 0 Å². The molecular formula is C12H5Cl5N2. The van der Waals surface area contributed by atoms with Crippen LogP contribution in [0.15, 0.2) is 18.2 Å². The molecule has 0 aliphatic heterocycles. The van der Waals surface area contributed by atoms with Crippen LogP contribution in [0.1, 0.15) is 5.56 Å². The summed E-state index contributed by atoms with van der Waals surface area (Å²) in [6, 6.07) is 7.08. The number of alkyl halides is 1. The Bertz CT molecular complexity index is 684. The number of hydrogen-bond donors (Lipinski definition) is 0. The molecule has 19 heavy (non-hydrogen) atoms. The van der Waals surface area contributed by atoms with E-state index in [0.29, 0.717) is 21.3 Å². The number of nitrogens with zero attached hydrogens (tertiary/aromatic N) is 2. The standard InChI is InChI=1S/C12H5Cl5N2/c13-5-19-11(7(4-18)10(16)12(19)17)6-1-2-8(14)9(15)3-6/h1-3H,5H2. The van der Waals surface area contributed by atoms with Crippen LogP contribution in [0.25, 0.3) is 11.3 Å². The van der Waals surface area contributed by atoms with E-state index >= 15 is 0 Å². The zero-order valence-electron chi connectivity index (χ0n) is 9.22. The van der Waals surface area contributed by atoms with Crippen LogP contribution in [-0.4, -0.2) is 4.57 Å². The fraction of sp³-hybridized carbons (Fsp3) is 0.0833. The lowest BCUT2D eigenvalue weighted by Crippen LogP contribution is -1.96. The number of rotatable bonds is 2. The lowest BCUT2D eigenvalue weighted by Gasteiger charge is -2.08. The Hall–Kier alpha value is -0.560. The van der Waals surface area contributed by atoms with Gasteiger partial charge in [0.05, 0.1) is 32.3 Å². The fourth-order valence-corrected chi connectivity index (χ4v) is 2.79. The Labute approximate surface area is 135 Å². The molecule has 0 fully saturated rings. The van der Waals surface area contributed by atoms with E-state index in [4.69, 9.17) is 58.0 Å². The van der Waals surface area contributed by atoms with Gasteiger partial charge in [-0.2, -0.15) is 5.26 Å². The molecule has 0 aliphatic rings. The maximum absolute atomic E-state index is 9.21. The van der Waals surface area contributed by atoms with Gasteiger partial charge in [-0.15, -0.1) is 11.6 Å². The molecular weight excluding hydrogens is 349 g/mol. The topological polar surface area (TPSA) is 28.7 Å². The highest BCUT2D eigenvalue weighted by molar-refractivity contribution is 6.43. The second kappa shape index (κ2) is 5.83. The molecule has 0 bridgehead atoms. The summed E-state index contributed by atoms with van der Waals surface area (Å²) in [6.45, 7) is 0. The number of aromatic nitrogens is 1. The minimum atomic E-state index is 0.0653. The van der Waals surface area contributed by atoms with Crippen molar-refractivity contribution >= 4 is 58.0 Å². The second-order valence-electron chi connectivity index (χ2n) is 3.62. The van der Waals surface area contributed by atoms with Gasteiger partial charge in [-0.25, -0.2) is 0 Å². The third-order valence-corrected chi connectivity index (χ3v) is 4.40. The van der Waals surface area contributed by atoms with Crippen molar-refractivity contribution in [1.29, 1.82) is 5.26 Å². The van der Waals surface area contributed by atoms with Crippen molar-refractivity contribution in [2.75, 3.05) is 0 Å². The molecule has 2 nitrogen and oxygen atoms in total. The molecule has 0 atom stereocenters. The van der Waals surface area contributed by atoms with Crippen LogP contribution < -0.4 is 0 Å². The molecule has 0 aliphatic carbocycles. The molecule has 7 heteroatoms. The van der Waals surface area contributed by atoms with Gasteiger partial charge in [-0.05, 0) is 12.1 Å². The number of nitriles is 1. The molecule has 2 rings (SSSR count). The van der Waals surface area contributed by atoms with Crippen LogP contribution in [0, 0.1) is 11.3 Å². The third-order valence-electron chi connectivity index (χ3n) is 2.57. The van der Waals surface area contributed by atoms with Gasteiger partial charge >= 0.3 is 0 Å². The molecule has 0 amide bonds. The third kappa shape index (κ3) is 2.54. The van der Waals surface area contributed by atoms with E-state index in [0.717, 1.165) is 0 Å². The van der Waals surface area contributed by atoms with Gasteiger partial charge in [0.2, 0.25) is 0 Å². The first-order valence-corrected chi connectivity index (χ1v) is 7.04. The van der Waals surface area contributed by atoms with Crippen LogP contribution in [0.2, 0.25) is 20.2 Å². The fourth-order valence-electron chi connectivity index (χ4n) is 1.72. The predicted molar refractivity (Wildman–Crippen MR) is 80.5 cm³/mol. The first-order chi connectivity index (χ1) is 9.01. The van der Waals surface area contributed by atoms with Crippen LogP contribution >= 0.6 is 58.0 Å². The summed E-state index contributed by atoms with van der Waals surface area (Å²) < 4.78 is 1.53. The quantitative estimate of drug-likeness (QED) is 0.623. The lowest BCUT2D eigenvalue weighted by molar-refractivity contribution is 0.903. The maximum atomic E-state index is 9.21. The molecule has 0 saturated heterocycles. The number of benzene rings is 1. The van der Waals surface area contributed by atoms with E-state index < -0.39 is 0 Å². The Balaban J connectivity index is 2.77. The Morgan fingerprint density at radius 3 is 2.32 bits per heavy atom. The molecule has 0 unspecified atom stereocenters. The average Bonchev–Trinajstić information content (AvgIpc) is 2.64. The smallest absolute Gasteiger partial charge is 0.130 e. The van der Waals surface area contributed by atoms with Crippen LogP contribution in [0.4, 0.5) is 0 Å². The largest absolute Gasteiger partial charge is 0.315 e.